The molecule has 0 rings (SSSR count). The van der Waals surface area contributed by atoms with Gasteiger partial charge in [-0.15, -0.1) is 0 Å². The average molecular weight is 251 g/mol. The molecular weight excluding hydrogens is 230 g/mol. The Morgan fingerprint density at radius 1 is 1.50 bits per heavy atom. The lowest BCUT2D eigenvalue weighted by molar-refractivity contribution is 0.315. The second-order valence-electron chi connectivity index (χ2n) is 4.92. The average Bonchev–Trinajstić information content (AvgIpc) is 2.09. The van der Waals surface area contributed by atoms with E-state index < -0.39 is 16.1 Å². The van der Waals surface area contributed by atoms with E-state index in [1.165, 1.54) is 0 Å². The number of oxime groups is 1. The van der Waals surface area contributed by atoms with Crippen molar-refractivity contribution >= 4 is 15.9 Å². The zero-order valence-corrected chi connectivity index (χ0v) is 11.0. The van der Waals surface area contributed by atoms with E-state index in [0.29, 0.717) is 6.42 Å². The lowest BCUT2D eigenvalue weighted by atomic mass is 10.0. The fourth-order valence-electron chi connectivity index (χ4n) is 1.25. The van der Waals surface area contributed by atoms with Crippen molar-refractivity contribution < 1.29 is 13.6 Å². The highest BCUT2D eigenvalue weighted by Gasteiger charge is 2.25. The molecule has 0 aromatic heterocycles. The van der Waals surface area contributed by atoms with Gasteiger partial charge in [0.15, 0.2) is 5.84 Å². The van der Waals surface area contributed by atoms with Crippen molar-refractivity contribution in [2.45, 2.75) is 40.2 Å². The molecule has 0 aliphatic rings. The van der Waals surface area contributed by atoms with Crippen LogP contribution in [0.15, 0.2) is 5.16 Å². The molecule has 0 aromatic carbocycles. The summed E-state index contributed by atoms with van der Waals surface area (Å²) in [5.41, 5.74) is 5.03. The first kappa shape index (κ1) is 15.2. The zero-order valence-electron chi connectivity index (χ0n) is 10.2. The zero-order chi connectivity index (χ0) is 13.0. The number of amidine groups is 1. The molecule has 0 aromatic rings. The van der Waals surface area contributed by atoms with E-state index in [0.717, 1.165) is 0 Å². The maximum Gasteiger partial charge on any atom is 0.212 e. The predicted molar refractivity (Wildman–Crippen MR) is 63.9 cm³/mol. The number of nitrogens with zero attached hydrogens (tertiary/aromatic N) is 1. The minimum atomic E-state index is -3.43. The van der Waals surface area contributed by atoms with Crippen LogP contribution < -0.4 is 10.5 Å². The van der Waals surface area contributed by atoms with Gasteiger partial charge in [-0.1, -0.05) is 32.9 Å². The van der Waals surface area contributed by atoms with Gasteiger partial charge in [0.2, 0.25) is 10.0 Å². The van der Waals surface area contributed by atoms with E-state index in [1.54, 1.807) is 6.92 Å². The summed E-state index contributed by atoms with van der Waals surface area (Å²) in [6.07, 6.45) is 0.430. The summed E-state index contributed by atoms with van der Waals surface area (Å²) in [4.78, 5) is 0. The minimum Gasteiger partial charge on any atom is -0.409 e. The highest BCUT2D eigenvalue weighted by Crippen LogP contribution is 2.15. The summed E-state index contributed by atoms with van der Waals surface area (Å²) in [5, 5.41) is 11.3. The highest BCUT2D eigenvalue weighted by atomic mass is 32.2. The molecule has 0 aliphatic carbocycles. The van der Waals surface area contributed by atoms with Crippen LogP contribution in [-0.4, -0.2) is 31.3 Å². The molecule has 0 amide bonds. The maximum absolute atomic E-state index is 11.7. The lowest BCUT2D eigenvalue weighted by Crippen LogP contribution is -2.46. The number of nitrogens with two attached hydrogens (primary N) is 1. The smallest absolute Gasteiger partial charge is 0.212 e. The van der Waals surface area contributed by atoms with Crippen LogP contribution in [0.2, 0.25) is 0 Å². The summed E-state index contributed by atoms with van der Waals surface area (Å²) in [7, 11) is -3.43. The molecule has 1 unspecified atom stereocenters. The molecule has 1 atom stereocenters. The Hall–Kier alpha value is -0.820. The van der Waals surface area contributed by atoms with Crippen molar-refractivity contribution in [2.24, 2.45) is 16.3 Å². The molecule has 0 saturated heterocycles. The molecule has 16 heavy (non-hydrogen) atoms. The van der Waals surface area contributed by atoms with E-state index in [-0.39, 0.29) is 17.0 Å². The van der Waals surface area contributed by atoms with E-state index >= 15 is 0 Å². The molecule has 6 nitrogen and oxygen atoms in total. The summed E-state index contributed by atoms with van der Waals surface area (Å²) in [5.74, 6) is -0.130. The fourth-order valence-corrected chi connectivity index (χ4v) is 3.20. The SMILES string of the molecule is CCC(NS(=O)(=O)CC(C)(C)C)C(N)=NO. The number of nitrogens with one attached hydrogen (secondary N) is 1. The molecule has 0 saturated carbocycles. The van der Waals surface area contributed by atoms with Gasteiger partial charge in [0.25, 0.3) is 0 Å². The Labute approximate surface area is 97.0 Å². The molecular formula is C9H21N3O3S. The first-order valence-electron chi connectivity index (χ1n) is 5.08. The van der Waals surface area contributed by atoms with Crippen molar-refractivity contribution in [2.75, 3.05) is 5.75 Å². The van der Waals surface area contributed by atoms with Gasteiger partial charge >= 0.3 is 0 Å². The van der Waals surface area contributed by atoms with Crippen LogP contribution in [0.5, 0.6) is 0 Å². The van der Waals surface area contributed by atoms with Crippen molar-refractivity contribution in [3.05, 3.63) is 0 Å². The Bertz CT molecular complexity index is 344. The molecule has 0 fully saturated rings. The standard InChI is InChI=1S/C9H21N3O3S/c1-5-7(8(10)11-13)12-16(14,15)6-9(2,3)4/h7,12-13H,5-6H2,1-4H3,(H2,10,11). The van der Waals surface area contributed by atoms with Gasteiger partial charge < -0.3 is 10.9 Å². The van der Waals surface area contributed by atoms with Crippen LogP contribution in [0, 0.1) is 5.41 Å². The number of sulfonamides is 1. The Morgan fingerprint density at radius 3 is 2.31 bits per heavy atom. The Kier molecular flexibility index (Phi) is 5.21. The summed E-state index contributed by atoms with van der Waals surface area (Å²) in [6, 6.07) is -0.655. The van der Waals surface area contributed by atoms with Gasteiger partial charge in [-0.3, -0.25) is 0 Å². The van der Waals surface area contributed by atoms with E-state index in [2.05, 4.69) is 9.88 Å². The van der Waals surface area contributed by atoms with Crippen molar-refractivity contribution in [1.29, 1.82) is 0 Å². The summed E-state index contributed by atoms with van der Waals surface area (Å²) in [6.45, 7) is 7.24. The molecule has 0 aliphatic heterocycles. The molecule has 0 heterocycles. The van der Waals surface area contributed by atoms with Crippen molar-refractivity contribution in [3.63, 3.8) is 0 Å². The Balaban J connectivity index is 4.70. The first-order chi connectivity index (χ1) is 7.11. The first-order valence-corrected chi connectivity index (χ1v) is 6.74. The third kappa shape index (κ3) is 5.92. The monoisotopic (exact) mass is 251 g/mol. The molecule has 4 N–H and O–H groups in total. The van der Waals surface area contributed by atoms with Gasteiger partial charge in [-0.2, -0.15) is 0 Å². The molecule has 0 bridgehead atoms. The van der Waals surface area contributed by atoms with E-state index in [1.807, 2.05) is 20.8 Å². The van der Waals surface area contributed by atoms with Crippen molar-refractivity contribution in [1.82, 2.24) is 4.72 Å². The van der Waals surface area contributed by atoms with Crippen LogP contribution in [0.25, 0.3) is 0 Å². The van der Waals surface area contributed by atoms with Crippen LogP contribution in [0.1, 0.15) is 34.1 Å². The van der Waals surface area contributed by atoms with Crippen LogP contribution in [-0.2, 0) is 10.0 Å². The number of hydrogen-bond donors (Lipinski definition) is 3. The fraction of sp³-hybridized carbons (Fsp3) is 0.889. The van der Waals surface area contributed by atoms with Crippen molar-refractivity contribution in [3.8, 4) is 0 Å². The molecule has 0 radical (unpaired) electrons. The van der Waals surface area contributed by atoms with Gasteiger partial charge in [0.1, 0.15) is 0 Å². The predicted octanol–water partition coefficient (Wildman–Crippen LogP) is 0.477. The number of hydrogen-bond acceptors (Lipinski definition) is 4. The Morgan fingerprint density at radius 2 is 2.00 bits per heavy atom. The molecule has 7 heteroatoms. The number of rotatable bonds is 5. The normalized spacial score (nSPS) is 16.1. The van der Waals surface area contributed by atoms with Crippen LogP contribution >= 0.6 is 0 Å². The second-order valence-corrected chi connectivity index (χ2v) is 6.68. The highest BCUT2D eigenvalue weighted by molar-refractivity contribution is 7.89. The van der Waals surface area contributed by atoms with Crippen LogP contribution in [0.3, 0.4) is 0 Å². The second kappa shape index (κ2) is 5.49. The van der Waals surface area contributed by atoms with Crippen LogP contribution in [0.4, 0.5) is 0 Å². The third-order valence-electron chi connectivity index (χ3n) is 1.83. The topological polar surface area (TPSA) is 105 Å². The van der Waals surface area contributed by atoms with Gasteiger partial charge in [0, 0.05) is 0 Å². The van der Waals surface area contributed by atoms with Gasteiger partial charge in [-0.05, 0) is 11.8 Å². The van der Waals surface area contributed by atoms with Gasteiger partial charge in [0.05, 0.1) is 11.8 Å². The summed E-state index contributed by atoms with van der Waals surface area (Å²) < 4.78 is 25.9. The summed E-state index contributed by atoms with van der Waals surface area (Å²) >= 11 is 0. The maximum atomic E-state index is 11.7. The minimum absolute atomic E-state index is 0.00475. The quantitative estimate of drug-likeness (QED) is 0.286. The lowest BCUT2D eigenvalue weighted by Gasteiger charge is -2.21. The van der Waals surface area contributed by atoms with E-state index in [4.69, 9.17) is 10.9 Å². The third-order valence-corrected chi connectivity index (χ3v) is 3.72. The van der Waals surface area contributed by atoms with E-state index in [9.17, 15) is 8.42 Å². The molecule has 0 spiro atoms. The van der Waals surface area contributed by atoms with Gasteiger partial charge in [-0.25, -0.2) is 13.1 Å². The largest absolute Gasteiger partial charge is 0.409 e. The molecule has 96 valence electrons.